The van der Waals surface area contributed by atoms with Gasteiger partial charge in [0.15, 0.2) is 0 Å². The molecule has 0 amide bonds. The summed E-state index contributed by atoms with van der Waals surface area (Å²) < 4.78 is 19.8. The number of carbonyl (C=O) groups excluding carboxylic acids is 1. The molecule has 90 valence electrons. The number of aromatic nitrogens is 2. The van der Waals surface area contributed by atoms with Crippen LogP contribution in [0.25, 0.3) is 17.1 Å². The first kappa shape index (κ1) is 10.7. The molecule has 1 aromatic carbocycles. The Labute approximate surface area is 102 Å². The van der Waals surface area contributed by atoms with Crippen LogP contribution in [-0.4, -0.2) is 15.7 Å². The zero-order valence-corrected chi connectivity index (χ0v) is 9.34. The number of hydrogen-bond donors (Lipinski definition) is 0. The van der Waals surface area contributed by atoms with Crippen molar-refractivity contribution in [1.82, 2.24) is 9.38 Å². The van der Waals surface area contributed by atoms with Crippen molar-refractivity contribution < 1.29 is 13.6 Å². The van der Waals surface area contributed by atoms with Crippen LogP contribution in [0.5, 0.6) is 0 Å². The SMILES string of the molecule is O=CCc1c(-c2ccc(F)cc2)nc2occn12. The fraction of sp³-hybridized carbons (Fsp3) is 0.0769. The molecule has 0 saturated carbocycles. The van der Waals surface area contributed by atoms with Gasteiger partial charge in [-0.3, -0.25) is 4.40 Å². The molecule has 0 N–H and O–H groups in total. The van der Waals surface area contributed by atoms with E-state index in [0.717, 1.165) is 17.5 Å². The van der Waals surface area contributed by atoms with E-state index in [9.17, 15) is 9.18 Å². The zero-order chi connectivity index (χ0) is 12.5. The van der Waals surface area contributed by atoms with E-state index in [1.54, 1.807) is 22.7 Å². The van der Waals surface area contributed by atoms with Crippen LogP contribution < -0.4 is 0 Å². The summed E-state index contributed by atoms with van der Waals surface area (Å²) in [6.07, 6.45) is 4.25. The Morgan fingerprint density at radius 3 is 2.83 bits per heavy atom. The maximum absolute atomic E-state index is 12.9. The molecule has 18 heavy (non-hydrogen) atoms. The van der Waals surface area contributed by atoms with E-state index >= 15 is 0 Å². The molecular weight excluding hydrogens is 235 g/mol. The average molecular weight is 244 g/mol. The van der Waals surface area contributed by atoms with E-state index in [2.05, 4.69) is 4.98 Å². The van der Waals surface area contributed by atoms with Crippen LogP contribution in [0.3, 0.4) is 0 Å². The lowest BCUT2D eigenvalue weighted by Crippen LogP contribution is -1.94. The van der Waals surface area contributed by atoms with Gasteiger partial charge in [-0.25, -0.2) is 4.39 Å². The van der Waals surface area contributed by atoms with Crippen LogP contribution in [-0.2, 0) is 11.2 Å². The molecule has 0 spiro atoms. The molecule has 0 aliphatic heterocycles. The van der Waals surface area contributed by atoms with E-state index in [0.29, 0.717) is 11.5 Å². The van der Waals surface area contributed by atoms with Gasteiger partial charge in [-0.1, -0.05) is 0 Å². The summed E-state index contributed by atoms with van der Waals surface area (Å²) in [6, 6.07) is 5.99. The Morgan fingerprint density at radius 2 is 2.11 bits per heavy atom. The molecule has 3 aromatic rings. The minimum Gasteiger partial charge on any atom is -0.432 e. The van der Waals surface area contributed by atoms with Gasteiger partial charge >= 0.3 is 5.84 Å². The summed E-state index contributed by atoms with van der Waals surface area (Å²) in [5, 5.41) is 0. The predicted molar refractivity (Wildman–Crippen MR) is 62.6 cm³/mol. The zero-order valence-electron chi connectivity index (χ0n) is 9.34. The van der Waals surface area contributed by atoms with Gasteiger partial charge in [-0.15, -0.1) is 0 Å². The molecule has 2 aromatic heterocycles. The number of fused-ring (bicyclic) bond motifs is 1. The van der Waals surface area contributed by atoms with Crippen LogP contribution in [0.1, 0.15) is 5.69 Å². The monoisotopic (exact) mass is 244 g/mol. The summed E-state index contributed by atoms with van der Waals surface area (Å²) in [7, 11) is 0. The van der Waals surface area contributed by atoms with Crippen LogP contribution in [0, 0.1) is 5.82 Å². The van der Waals surface area contributed by atoms with E-state index in [-0.39, 0.29) is 12.2 Å². The predicted octanol–water partition coefficient (Wildman–Crippen LogP) is 2.47. The summed E-state index contributed by atoms with van der Waals surface area (Å²) in [5.74, 6) is 0.116. The van der Waals surface area contributed by atoms with Crippen molar-refractivity contribution >= 4 is 12.1 Å². The standard InChI is InChI=1S/C13H9FN2O2/c14-10-3-1-9(2-4-10)12-11(5-7-17)16-6-8-18-13(16)15-12/h1-4,6-8H,5H2. The fourth-order valence-electron chi connectivity index (χ4n) is 1.95. The first-order valence-electron chi connectivity index (χ1n) is 5.43. The molecule has 5 heteroatoms. The Kier molecular flexibility index (Phi) is 2.44. The van der Waals surface area contributed by atoms with Crippen molar-refractivity contribution in [3.63, 3.8) is 0 Å². The maximum atomic E-state index is 12.9. The van der Waals surface area contributed by atoms with Gasteiger partial charge in [0.25, 0.3) is 0 Å². The van der Waals surface area contributed by atoms with E-state index < -0.39 is 0 Å². The van der Waals surface area contributed by atoms with Gasteiger partial charge in [-0.2, -0.15) is 4.98 Å². The third kappa shape index (κ3) is 1.60. The number of nitrogens with zero attached hydrogens (tertiary/aromatic N) is 2. The lowest BCUT2D eigenvalue weighted by atomic mass is 10.1. The number of carbonyl (C=O) groups is 1. The molecule has 0 unspecified atom stereocenters. The number of halogens is 1. The first-order chi connectivity index (χ1) is 8.79. The smallest absolute Gasteiger partial charge is 0.306 e. The second kappa shape index (κ2) is 4.10. The number of imidazole rings is 1. The van der Waals surface area contributed by atoms with Gasteiger partial charge in [-0.05, 0) is 24.3 Å². The highest BCUT2D eigenvalue weighted by atomic mass is 19.1. The van der Waals surface area contributed by atoms with Gasteiger partial charge in [0.1, 0.15) is 18.4 Å². The van der Waals surface area contributed by atoms with Crippen molar-refractivity contribution in [2.24, 2.45) is 0 Å². The number of hydrogen-bond acceptors (Lipinski definition) is 3. The molecule has 0 saturated heterocycles. The third-order valence-corrected chi connectivity index (χ3v) is 2.76. The molecule has 0 bridgehead atoms. The highest BCUT2D eigenvalue weighted by Crippen LogP contribution is 2.25. The van der Waals surface area contributed by atoms with Crippen LogP contribution in [0.15, 0.2) is 41.1 Å². The molecule has 2 heterocycles. The summed E-state index contributed by atoms with van der Waals surface area (Å²) >= 11 is 0. The largest absolute Gasteiger partial charge is 0.432 e. The third-order valence-electron chi connectivity index (χ3n) is 2.76. The Bertz CT molecular complexity index is 697. The van der Waals surface area contributed by atoms with Gasteiger partial charge in [0, 0.05) is 18.2 Å². The second-order valence-electron chi connectivity index (χ2n) is 3.84. The normalized spacial score (nSPS) is 10.9. The highest BCUT2D eigenvalue weighted by Gasteiger charge is 2.15. The lowest BCUT2D eigenvalue weighted by molar-refractivity contribution is -0.107. The number of benzene rings is 1. The quantitative estimate of drug-likeness (QED) is 0.665. The molecule has 0 fully saturated rings. The molecule has 0 aliphatic carbocycles. The Morgan fingerprint density at radius 1 is 1.33 bits per heavy atom. The van der Waals surface area contributed by atoms with Crippen LogP contribution >= 0.6 is 0 Å². The van der Waals surface area contributed by atoms with Crippen LogP contribution in [0.2, 0.25) is 0 Å². The number of oxazole rings is 1. The van der Waals surface area contributed by atoms with Crippen LogP contribution in [0.4, 0.5) is 4.39 Å². The minimum absolute atomic E-state index is 0.230. The number of rotatable bonds is 3. The number of aldehydes is 1. The van der Waals surface area contributed by atoms with Crippen molar-refractivity contribution in [3.05, 3.63) is 48.2 Å². The summed E-state index contributed by atoms with van der Waals surface area (Å²) in [6.45, 7) is 0. The van der Waals surface area contributed by atoms with Gasteiger partial charge in [0.05, 0.1) is 11.4 Å². The Hall–Kier alpha value is -2.43. The van der Waals surface area contributed by atoms with Gasteiger partial charge < -0.3 is 9.21 Å². The van der Waals surface area contributed by atoms with Crippen molar-refractivity contribution in [2.75, 3.05) is 0 Å². The highest BCUT2D eigenvalue weighted by molar-refractivity contribution is 5.69. The molecule has 4 nitrogen and oxygen atoms in total. The first-order valence-corrected chi connectivity index (χ1v) is 5.43. The lowest BCUT2D eigenvalue weighted by Gasteiger charge is -2.00. The topological polar surface area (TPSA) is 47.5 Å². The molecule has 0 aliphatic rings. The fourth-order valence-corrected chi connectivity index (χ4v) is 1.95. The van der Waals surface area contributed by atoms with E-state index in [1.807, 2.05) is 0 Å². The second-order valence-corrected chi connectivity index (χ2v) is 3.84. The van der Waals surface area contributed by atoms with E-state index in [4.69, 9.17) is 4.42 Å². The van der Waals surface area contributed by atoms with Gasteiger partial charge in [0.2, 0.25) is 0 Å². The van der Waals surface area contributed by atoms with Crippen molar-refractivity contribution in [2.45, 2.75) is 6.42 Å². The Balaban J connectivity index is 2.20. The molecule has 0 radical (unpaired) electrons. The van der Waals surface area contributed by atoms with Crippen molar-refractivity contribution in [3.8, 4) is 11.3 Å². The maximum Gasteiger partial charge on any atom is 0.306 e. The average Bonchev–Trinajstić information content (AvgIpc) is 2.93. The minimum atomic E-state index is -0.307. The van der Waals surface area contributed by atoms with E-state index in [1.165, 1.54) is 18.4 Å². The molecule has 0 atom stereocenters. The van der Waals surface area contributed by atoms with Crippen molar-refractivity contribution in [1.29, 1.82) is 0 Å². The summed E-state index contributed by atoms with van der Waals surface area (Å²) in [4.78, 5) is 15.0. The summed E-state index contributed by atoms with van der Waals surface area (Å²) in [5.41, 5.74) is 2.13. The molecular formula is C13H9FN2O2. The molecule has 3 rings (SSSR count).